The molecule has 8 nitrogen and oxygen atoms in total. The summed E-state index contributed by atoms with van der Waals surface area (Å²) < 4.78 is 0. The molecule has 1 aliphatic heterocycles. The number of nitrogens with one attached hydrogen (secondary N) is 1. The largest absolute Gasteiger partial charge is 0.384 e. The first-order valence-corrected chi connectivity index (χ1v) is 9.70. The lowest BCUT2D eigenvalue weighted by molar-refractivity contribution is 0.498. The number of nitrogens with zero attached hydrogens (tertiary/aromatic N) is 5. The predicted octanol–water partition coefficient (Wildman–Crippen LogP) is 2.59. The Hall–Kier alpha value is -3.52. The minimum atomic E-state index is 0.276. The van der Waals surface area contributed by atoms with E-state index in [-0.39, 0.29) is 6.04 Å². The van der Waals surface area contributed by atoms with Crippen LogP contribution in [-0.4, -0.2) is 44.3 Å². The van der Waals surface area contributed by atoms with Crippen LogP contribution in [0.4, 0.5) is 11.6 Å². The highest BCUT2D eigenvalue weighted by atomic mass is 15.2. The normalized spacial score (nSPS) is 15.1. The van der Waals surface area contributed by atoms with Gasteiger partial charge in [-0.2, -0.15) is 5.10 Å². The van der Waals surface area contributed by atoms with E-state index in [4.69, 9.17) is 16.5 Å². The third kappa shape index (κ3) is 3.38. The van der Waals surface area contributed by atoms with Crippen molar-refractivity contribution in [1.29, 1.82) is 0 Å². The molecule has 4 aromatic rings. The zero-order valence-corrected chi connectivity index (χ0v) is 15.9. The molecule has 5 N–H and O–H groups in total. The molecule has 0 bridgehead atoms. The Morgan fingerprint density at radius 1 is 1.03 bits per heavy atom. The van der Waals surface area contributed by atoms with Gasteiger partial charge in [0.2, 0.25) is 0 Å². The van der Waals surface area contributed by atoms with E-state index in [1.165, 1.54) is 0 Å². The molecule has 8 heteroatoms. The number of anilines is 2. The number of rotatable bonds is 3. The Balaban J connectivity index is 1.53. The van der Waals surface area contributed by atoms with Crippen molar-refractivity contribution in [3.63, 3.8) is 0 Å². The number of pyridine rings is 1. The fourth-order valence-corrected chi connectivity index (χ4v) is 3.77. The molecule has 4 heterocycles. The quantitative estimate of drug-likeness (QED) is 0.494. The highest BCUT2D eigenvalue weighted by Gasteiger charge is 2.19. The van der Waals surface area contributed by atoms with Crippen LogP contribution in [0.25, 0.3) is 33.4 Å². The summed E-state index contributed by atoms with van der Waals surface area (Å²) in [5.74, 6) is 1.36. The zero-order valence-electron chi connectivity index (χ0n) is 15.9. The van der Waals surface area contributed by atoms with Crippen LogP contribution in [0, 0.1) is 0 Å². The van der Waals surface area contributed by atoms with Gasteiger partial charge in [-0.15, -0.1) is 0 Å². The van der Waals surface area contributed by atoms with Crippen molar-refractivity contribution in [2.45, 2.75) is 18.9 Å². The van der Waals surface area contributed by atoms with Gasteiger partial charge in [0.25, 0.3) is 0 Å². The number of H-pyrrole nitrogens is 1. The van der Waals surface area contributed by atoms with Gasteiger partial charge in [0.1, 0.15) is 23.0 Å². The van der Waals surface area contributed by atoms with E-state index in [0.717, 1.165) is 65.2 Å². The molecule has 0 aliphatic carbocycles. The first-order chi connectivity index (χ1) is 14.2. The third-order valence-electron chi connectivity index (χ3n) is 5.41. The number of hydrogen-bond donors (Lipinski definition) is 3. The number of aromatic nitrogens is 5. The van der Waals surface area contributed by atoms with E-state index in [2.05, 4.69) is 31.1 Å². The van der Waals surface area contributed by atoms with E-state index in [1.807, 2.05) is 24.3 Å². The Bertz CT molecular complexity index is 1160. The van der Waals surface area contributed by atoms with Gasteiger partial charge in [-0.25, -0.2) is 9.97 Å². The van der Waals surface area contributed by atoms with Crippen LogP contribution in [-0.2, 0) is 0 Å². The fraction of sp³-hybridized carbons (Fsp3) is 0.238. The Morgan fingerprint density at radius 2 is 1.86 bits per heavy atom. The van der Waals surface area contributed by atoms with Crippen molar-refractivity contribution in [1.82, 2.24) is 25.1 Å². The summed E-state index contributed by atoms with van der Waals surface area (Å²) in [5, 5.41) is 8.60. The summed E-state index contributed by atoms with van der Waals surface area (Å²) in [6.07, 6.45) is 7.21. The number of piperidine rings is 1. The van der Waals surface area contributed by atoms with E-state index in [1.54, 1.807) is 18.6 Å². The molecule has 0 atom stereocenters. The van der Waals surface area contributed by atoms with Crippen molar-refractivity contribution in [3.05, 3.63) is 48.9 Å². The minimum absolute atomic E-state index is 0.276. The molecule has 1 saturated heterocycles. The Kier molecular flexibility index (Phi) is 4.33. The second kappa shape index (κ2) is 7.14. The molecule has 1 aromatic carbocycles. The average Bonchev–Trinajstić information content (AvgIpc) is 3.18. The molecule has 29 heavy (non-hydrogen) atoms. The van der Waals surface area contributed by atoms with Crippen molar-refractivity contribution in [2.75, 3.05) is 23.7 Å². The molecule has 146 valence electrons. The second-order valence-electron chi connectivity index (χ2n) is 7.39. The zero-order chi connectivity index (χ0) is 19.8. The van der Waals surface area contributed by atoms with Gasteiger partial charge in [0, 0.05) is 30.7 Å². The van der Waals surface area contributed by atoms with Gasteiger partial charge in [0.15, 0.2) is 0 Å². The SMILES string of the molecule is Nc1cc(-c2ccc3[nH]nc(-c4cncc(N5CCC(N)CC5)n4)c3c2)ccn1. The highest BCUT2D eigenvalue weighted by molar-refractivity contribution is 5.95. The number of nitrogen functional groups attached to an aromatic ring is 1. The van der Waals surface area contributed by atoms with Gasteiger partial charge in [-0.1, -0.05) is 6.07 Å². The number of hydrogen-bond acceptors (Lipinski definition) is 7. The van der Waals surface area contributed by atoms with Crippen LogP contribution in [0.2, 0.25) is 0 Å². The maximum absolute atomic E-state index is 6.03. The first kappa shape index (κ1) is 17.6. The summed E-state index contributed by atoms with van der Waals surface area (Å²) in [6, 6.07) is 10.2. The van der Waals surface area contributed by atoms with Crippen LogP contribution in [0.5, 0.6) is 0 Å². The molecule has 0 spiro atoms. The number of aromatic amines is 1. The molecule has 5 rings (SSSR count). The highest BCUT2D eigenvalue weighted by Crippen LogP contribution is 2.30. The Labute approximate surface area is 168 Å². The van der Waals surface area contributed by atoms with Crippen LogP contribution < -0.4 is 16.4 Å². The van der Waals surface area contributed by atoms with Gasteiger partial charge in [0.05, 0.1) is 17.9 Å². The molecular formula is C21H22N8. The lowest BCUT2D eigenvalue weighted by Gasteiger charge is -2.30. The van der Waals surface area contributed by atoms with Crippen molar-refractivity contribution in [2.24, 2.45) is 5.73 Å². The maximum Gasteiger partial charge on any atom is 0.147 e. The fourth-order valence-electron chi connectivity index (χ4n) is 3.77. The van der Waals surface area contributed by atoms with Gasteiger partial charge >= 0.3 is 0 Å². The Morgan fingerprint density at radius 3 is 2.69 bits per heavy atom. The number of benzene rings is 1. The molecule has 1 aliphatic rings. The molecular weight excluding hydrogens is 364 g/mol. The van der Waals surface area contributed by atoms with Crippen LogP contribution in [0.1, 0.15) is 12.8 Å². The molecule has 0 unspecified atom stereocenters. The first-order valence-electron chi connectivity index (χ1n) is 9.70. The van der Waals surface area contributed by atoms with Crippen LogP contribution in [0.15, 0.2) is 48.9 Å². The van der Waals surface area contributed by atoms with Gasteiger partial charge in [-0.05, 0) is 48.2 Å². The third-order valence-corrected chi connectivity index (χ3v) is 5.41. The minimum Gasteiger partial charge on any atom is -0.384 e. The second-order valence-corrected chi connectivity index (χ2v) is 7.39. The van der Waals surface area contributed by atoms with E-state index in [9.17, 15) is 0 Å². The topological polar surface area (TPSA) is 123 Å². The van der Waals surface area contributed by atoms with Gasteiger partial charge in [-0.3, -0.25) is 10.1 Å². The number of fused-ring (bicyclic) bond motifs is 1. The van der Waals surface area contributed by atoms with E-state index >= 15 is 0 Å². The number of nitrogens with two attached hydrogens (primary N) is 2. The molecule has 0 amide bonds. The molecule has 0 radical (unpaired) electrons. The molecule has 0 saturated carbocycles. The van der Waals surface area contributed by atoms with Crippen molar-refractivity contribution in [3.8, 4) is 22.5 Å². The lowest BCUT2D eigenvalue weighted by atomic mass is 10.0. The predicted molar refractivity (Wildman–Crippen MR) is 114 cm³/mol. The summed E-state index contributed by atoms with van der Waals surface area (Å²) in [4.78, 5) is 15.6. The summed E-state index contributed by atoms with van der Waals surface area (Å²) >= 11 is 0. The summed E-state index contributed by atoms with van der Waals surface area (Å²) in [7, 11) is 0. The average molecular weight is 386 g/mol. The van der Waals surface area contributed by atoms with E-state index in [0.29, 0.717) is 5.82 Å². The van der Waals surface area contributed by atoms with Crippen molar-refractivity contribution < 1.29 is 0 Å². The standard InChI is InChI=1S/C21H22N8/c22-15-4-7-29(8-5-15)20-12-24-11-18(26-20)21-16-9-13(1-2-17(16)27-28-21)14-3-6-25-19(23)10-14/h1-3,6,9-12,15H,4-5,7-8,22H2,(H2,23,25)(H,27,28). The van der Waals surface area contributed by atoms with E-state index < -0.39 is 0 Å². The lowest BCUT2D eigenvalue weighted by Crippen LogP contribution is -2.40. The van der Waals surface area contributed by atoms with Crippen molar-refractivity contribution >= 4 is 22.5 Å². The summed E-state index contributed by atoms with van der Waals surface area (Å²) in [5.41, 5.74) is 16.4. The maximum atomic E-state index is 6.03. The van der Waals surface area contributed by atoms with Gasteiger partial charge < -0.3 is 16.4 Å². The smallest absolute Gasteiger partial charge is 0.147 e. The summed E-state index contributed by atoms with van der Waals surface area (Å²) in [6.45, 7) is 1.79. The molecule has 3 aromatic heterocycles. The monoisotopic (exact) mass is 386 g/mol. The van der Waals surface area contributed by atoms with Crippen LogP contribution in [0.3, 0.4) is 0 Å². The van der Waals surface area contributed by atoms with Crippen LogP contribution >= 0.6 is 0 Å². The molecule has 1 fully saturated rings.